The van der Waals surface area contributed by atoms with E-state index in [0.29, 0.717) is 17.2 Å². The van der Waals surface area contributed by atoms with Gasteiger partial charge in [0.25, 0.3) is 0 Å². The SMILES string of the molecule is CN1CCN(C(=O)Cn2cc3cc(CC(=O)c4cccc(-c5ccc(N)nc5)n4)ccc3n2)CC1. The average Bonchev–Trinajstić information content (AvgIpc) is 3.26. The average molecular weight is 470 g/mol. The van der Waals surface area contributed by atoms with E-state index in [1.54, 1.807) is 23.0 Å². The minimum Gasteiger partial charge on any atom is -0.384 e. The summed E-state index contributed by atoms with van der Waals surface area (Å²) in [6.07, 6.45) is 3.73. The molecule has 0 unspecified atom stereocenters. The first kappa shape index (κ1) is 22.7. The number of benzene rings is 1. The highest BCUT2D eigenvalue weighted by Gasteiger charge is 2.19. The lowest BCUT2D eigenvalue weighted by molar-refractivity contribution is -0.133. The van der Waals surface area contributed by atoms with E-state index in [2.05, 4.69) is 27.0 Å². The monoisotopic (exact) mass is 469 g/mol. The molecule has 1 amide bonds. The number of rotatable bonds is 6. The summed E-state index contributed by atoms with van der Waals surface area (Å²) in [5, 5.41) is 5.44. The molecule has 35 heavy (non-hydrogen) atoms. The van der Waals surface area contributed by atoms with E-state index in [0.717, 1.165) is 48.2 Å². The van der Waals surface area contributed by atoms with E-state index in [1.807, 2.05) is 47.5 Å². The van der Waals surface area contributed by atoms with Crippen LogP contribution in [0.25, 0.3) is 22.2 Å². The highest BCUT2D eigenvalue weighted by atomic mass is 16.2. The van der Waals surface area contributed by atoms with Crippen molar-refractivity contribution in [2.75, 3.05) is 39.0 Å². The summed E-state index contributed by atoms with van der Waals surface area (Å²) in [7, 11) is 2.06. The number of nitrogen functional groups attached to an aromatic ring is 1. The molecule has 0 bridgehead atoms. The minimum absolute atomic E-state index is 0.0727. The molecule has 0 saturated carbocycles. The number of likely N-dealkylation sites (N-methyl/N-ethyl adjacent to an activating group) is 1. The zero-order valence-corrected chi connectivity index (χ0v) is 19.6. The molecule has 0 spiro atoms. The fraction of sp³-hybridized carbons (Fsp3) is 0.269. The normalized spacial score (nSPS) is 14.4. The summed E-state index contributed by atoms with van der Waals surface area (Å²) in [5.74, 6) is 0.430. The molecule has 9 nitrogen and oxygen atoms in total. The number of hydrogen-bond donors (Lipinski definition) is 1. The van der Waals surface area contributed by atoms with E-state index in [4.69, 9.17) is 5.73 Å². The second kappa shape index (κ2) is 9.63. The van der Waals surface area contributed by atoms with Crippen LogP contribution in [0.15, 0.2) is 60.9 Å². The lowest BCUT2D eigenvalue weighted by Crippen LogP contribution is -2.48. The first-order valence-electron chi connectivity index (χ1n) is 11.6. The number of piperazine rings is 1. The highest BCUT2D eigenvalue weighted by molar-refractivity contribution is 5.96. The topological polar surface area (TPSA) is 110 Å². The summed E-state index contributed by atoms with van der Waals surface area (Å²) in [5.41, 5.74) is 9.19. The second-order valence-corrected chi connectivity index (χ2v) is 8.88. The van der Waals surface area contributed by atoms with Crippen molar-refractivity contribution in [1.29, 1.82) is 0 Å². The molecular weight excluding hydrogens is 442 g/mol. The summed E-state index contributed by atoms with van der Waals surface area (Å²) in [4.78, 5) is 38.3. The Morgan fingerprint density at radius 3 is 2.63 bits per heavy atom. The van der Waals surface area contributed by atoms with Crippen molar-refractivity contribution in [2.45, 2.75) is 13.0 Å². The molecule has 9 heteroatoms. The predicted octanol–water partition coefficient (Wildman–Crippen LogP) is 2.27. The number of amides is 1. The molecule has 5 rings (SSSR count). The van der Waals surface area contributed by atoms with Gasteiger partial charge in [0.1, 0.15) is 18.1 Å². The molecule has 2 N–H and O–H groups in total. The van der Waals surface area contributed by atoms with Gasteiger partial charge >= 0.3 is 0 Å². The molecule has 1 aliphatic heterocycles. The number of nitrogens with two attached hydrogens (primary N) is 1. The van der Waals surface area contributed by atoms with Gasteiger partial charge < -0.3 is 15.5 Å². The van der Waals surface area contributed by atoms with E-state index in [9.17, 15) is 9.59 Å². The van der Waals surface area contributed by atoms with Gasteiger partial charge in [-0.05, 0) is 49.0 Å². The Bertz CT molecular complexity index is 1370. The quantitative estimate of drug-likeness (QED) is 0.431. The van der Waals surface area contributed by atoms with Crippen molar-refractivity contribution in [3.05, 3.63) is 72.2 Å². The lowest BCUT2D eigenvalue weighted by atomic mass is 10.0. The van der Waals surface area contributed by atoms with Gasteiger partial charge in [0.2, 0.25) is 5.91 Å². The number of aromatic nitrogens is 4. The van der Waals surface area contributed by atoms with Crippen molar-refractivity contribution in [3.63, 3.8) is 0 Å². The molecule has 4 heterocycles. The van der Waals surface area contributed by atoms with Gasteiger partial charge in [0.05, 0.1) is 11.2 Å². The van der Waals surface area contributed by atoms with Crippen molar-refractivity contribution in [1.82, 2.24) is 29.5 Å². The van der Waals surface area contributed by atoms with E-state index in [-0.39, 0.29) is 24.7 Å². The Morgan fingerprint density at radius 1 is 1.03 bits per heavy atom. The van der Waals surface area contributed by atoms with Crippen LogP contribution in [0.4, 0.5) is 5.82 Å². The number of ketones is 1. The van der Waals surface area contributed by atoms with Crippen LogP contribution < -0.4 is 5.73 Å². The minimum atomic E-state index is -0.0766. The third kappa shape index (κ3) is 5.20. The van der Waals surface area contributed by atoms with Crippen molar-refractivity contribution in [2.24, 2.45) is 0 Å². The number of fused-ring (bicyclic) bond motifs is 1. The molecule has 178 valence electrons. The maximum Gasteiger partial charge on any atom is 0.244 e. The van der Waals surface area contributed by atoms with Crippen LogP contribution >= 0.6 is 0 Å². The van der Waals surface area contributed by atoms with Crippen LogP contribution in [-0.2, 0) is 17.8 Å². The van der Waals surface area contributed by atoms with E-state index in [1.165, 1.54) is 0 Å². The standard InChI is InChI=1S/C26H27N7O2/c1-31-9-11-32(12-10-31)26(35)17-33-16-20-13-18(5-7-22(20)30-33)14-24(34)23-4-2-3-21(29-23)19-6-8-25(27)28-15-19/h2-8,13,15-16H,9-12,14,17H2,1H3,(H2,27,28). The zero-order valence-electron chi connectivity index (χ0n) is 19.6. The Morgan fingerprint density at radius 2 is 1.86 bits per heavy atom. The van der Waals surface area contributed by atoms with Crippen LogP contribution in [0.2, 0.25) is 0 Å². The fourth-order valence-electron chi connectivity index (χ4n) is 4.20. The third-order valence-corrected chi connectivity index (χ3v) is 6.25. The number of carbonyl (C=O) groups is 2. The highest BCUT2D eigenvalue weighted by Crippen LogP contribution is 2.19. The molecule has 3 aromatic heterocycles. The Kier molecular flexibility index (Phi) is 6.24. The van der Waals surface area contributed by atoms with E-state index >= 15 is 0 Å². The molecule has 4 aromatic rings. The number of pyridine rings is 2. The van der Waals surface area contributed by atoms with Crippen LogP contribution in [-0.4, -0.2) is 74.5 Å². The first-order chi connectivity index (χ1) is 16.9. The summed E-state index contributed by atoms with van der Waals surface area (Å²) >= 11 is 0. The maximum absolute atomic E-state index is 13.0. The maximum atomic E-state index is 13.0. The molecule has 0 aliphatic carbocycles. The molecular formula is C26H27N7O2. The van der Waals surface area contributed by atoms with Gasteiger partial charge in [-0.25, -0.2) is 9.97 Å². The van der Waals surface area contributed by atoms with Gasteiger partial charge in [0.15, 0.2) is 5.78 Å². The Hall–Kier alpha value is -4.11. The molecule has 1 aliphatic rings. The predicted molar refractivity (Wildman–Crippen MR) is 134 cm³/mol. The molecule has 0 radical (unpaired) electrons. The van der Waals surface area contributed by atoms with Crippen LogP contribution in [0, 0.1) is 0 Å². The van der Waals surface area contributed by atoms with Crippen LogP contribution in [0.3, 0.4) is 0 Å². The molecule has 0 atom stereocenters. The van der Waals surface area contributed by atoms with Gasteiger partial charge in [-0.15, -0.1) is 0 Å². The number of carbonyl (C=O) groups excluding carboxylic acids is 2. The Labute approximate surface area is 203 Å². The van der Waals surface area contributed by atoms with Gasteiger partial charge in [-0.3, -0.25) is 14.3 Å². The van der Waals surface area contributed by atoms with Crippen LogP contribution in [0.5, 0.6) is 0 Å². The first-order valence-corrected chi connectivity index (χ1v) is 11.6. The molecule has 1 fully saturated rings. The van der Waals surface area contributed by atoms with Crippen molar-refractivity contribution in [3.8, 4) is 11.3 Å². The Balaban J connectivity index is 1.27. The summed E-state index contributed by atoms with van der Waals surface area (Å²) < 4.78 is 1.68. The zero-order chi connectivity index (χ0) is 24.4. The van der Waals surface area contributed by atoms with Gasteiger partial charge in [-0.2, -0.15) is 5.10 Å². The van der Waals surface area contributed by atoms with Gasteiger partial charge in [0, 0.05) is 55.9 Å². The van der Waals surface area contributed by atoms with Crippen molar-refractivity contribution >= 4 is 28.4 Å². The number of hydrogen-bond acceptors (Lipinski definition) is 7. The third-order valence-electron chi connectivity index (χ3n) is 6.25. The van der Waals surface area contributed by atoms with Crippen molar-refractivity contribution < 1.29 is 9.59 Å². The number of Topliss-reactive ketones (excluding diaryl/α,β-unsaturated/α-hetero) is 1. The second-order valence-electron chi connectivity index (χ2n) is 8.88. The lowest BCUT2D eigenvalue weighted by Gasteiger charge is -2.32. The smallest absolute Gasteiger partial charge is 0.244 e. The molecule has 1 saturated heterocycles. The summed E-state index contributed by atoms with van der Waals surface area (Å²) in [6, 6.07) is 14.6. The fourth-order valence-corrected chi connectivity index (χ4v) is 4.20. The summed E-state index contributed by atoms with van der Waals surface area (Å²) in [6.45, 7) is 3.47. The molecule has 1 aromatic carbocycles. The number of nitrogens with zero attached hydrogens (tertiary/aromatic N) is 6. The largest absolute Gasteiger partial charge is 0.384 e. The van der Waals surface area contributed by atoms with E-state index < -0.39 is 0 Å². The van der Waals surface area contributed by atoms with Gasteiger partial charge in [-0.1, -0.05) is 12.1 Å². The van der Waals surface area contributed by atoms with Crippen LogP contribution in [0.1, 0.15) is 16.1 Å². The number of anilines is 1.